The number of carbonyl (C=O) groups excluding carboxylic acids is 3. The maximum Gasteiger partial charge on any atom is 0.345 e. The van der Waals surface area contributed by atoms with E-state index in [2.05, 4.69) is 5.10 Å². The Labute approximate surface area is 173 Å². The lowest BCUT2D eigenvalue weighted by atomic mass is 9.96. The van der Waals surface area contributed by atoms with Crippen molar-refractivity contribution in [1.29, 1.82) is 0 Å². The second kappa shape index (κ2) is 7.55. The number of hydrogen-bond acceptors (Lipinski definition) is 5. The molecular weight excluding hydrogens is 386 g/mol. The third kappa shape index (κ3) is 3.24. The number of amides is 3. The smallest absolute Gasteiger partial charge is 0.340 e. The molecule has 1 aromatic heterocycles. The molecule has 0 bridgehead atoms. The first kappa shape index (κ1) is 20.1. The summed E-state index contributed by atoms with van der Waals surface area (Å²) in [5.74, 6) is -0.535. The van der Waals surface area contributed by atoms with Gasteiger partial charge in [-0.15, -0.1) is 0 Å². The molecule has 4 rings (SSSR count). The van der Waals surface area contributed by atoms with Crippen molar-refractivity contribution in [3.8, 4) is 0 Å². The molecule has 0 aliphatic carbocycles. The fraction of sp³-hybridized carbons (Fsp3) is 0.476. The zero-order valence-corrected chi connectivity index (χ0v) is 17.4. The van der Waals surface area contributed by atoms with E-state index < -0.39 is 11.8 Å². The first-order chi connectivity index (χ1) is 14.3. The topological polar surface area (TPSA) is 97.5 Å². The largest absolute Gasteiger partial charge is 0.345 e. The molecule has 1 aromatic carbocycles. The molecule has 158 valence electrons. The summed E-state index contributed by atoms with van der Waals surface area (Å²) in [7, 11) is 1.62. The van der Waals surface area contributed by atoms with E-state index in [9.17, 15) is 19.2 Å². The van der Waals surface area contributed by atoms with Gasteiger partial charge in [0.15, 0.2) is 0 Å². The van der Waals surface area contributed by atoms with Gasteiger partial charge in [0.05, 0.1) is 11.1 Å². The van der Waals surface area contributed by atoms with Crippen molar-refractivity contribution in [3.05, 3.63) is 51.7 Å². The van der Waals surface area contributed by atoms with E-state index in [-0.39, 0.29) is 30.1 Å². The Kier molecular flexibility index (Phi) is 5.05. The van der Waals surface area contributed by atoms with Crippen LogP contribution in [0.4, 0.5) is 0 Å². The summed E-state index contributed by atoms with van der Waals surface area (Å²) in [6, 6.07) is 6.56. The SMILES string of the molecule is CC(C)n1c(C2CCCN(C(=O)CN3C(=O)c4ccccc4C3=O)C2)nn(C)c1=O. The van der Waals surface area contributed by atoms with Gasteiger partial charge in [0.2, 0.25) is 5.91 Å². The first-order valence-electron chi connectivity index (χ1n) is 10.2. The number of hydrogen-bond donors (Lipinski definition) is 0. The van der Waals surface area contributed by atoms with Gasteiger partial charge in [-0.3, -0.25) is 23.9 Å². The van der Waals surface area contributed by atoms with Gasteiger partial charge in [0.25, 0.3) is 11.8 Å². The molecule has 0 spiro atoms. The first-order valence-corrected chi connectivity index (χ1v) is 10.2. The number of piperidine rings is 1. The van der Waals surface area contributed by atoms with Crippen LogP contribution in [0.5, 0.6) is 0 Å². The van der Waals surface area contributed by atoms with Crippen LogP contribution in [0.3, 0.4) is 0 Å². The molecule has 0 N–H and O–H groups in total. The Bertz CT molecular complexity index is 1050. The van der Waals surface area contributed by atoms with E-state index in [1.54, 1.807) is 40.8 Å². The maximum atomic E-state index is 12.9. The van der Waals surface area contributed by atoms with Gasteiger partial charge >= 0.3 is 5.69 Å². The van der Waals surface area contributed by atoms with Crippen LogP contribution in [0.15, 0.2) is 29.1 Å². The van der Waals surface area contributed by atoms with Gasteiger partial charge in [-0.1, -0.05) is 12.1 Å². The fourth-order valence-corrected chi connectivity index (χ4v) is 4.29. The normalized spacial score (nSPS) is 19.0. The molecule has 3 heterocycles. The molecule has 2 aromatic rings. The predicted molar refractivity (Wildman–Crippen MR) is 108 cm³/mol. The van der Waals surface area contributed by atoms with Crippen molar-refractivity contribution in [2.75, 3.05) is 19.6 Å². The number of carbonyl (C=O) groups is 3. The van der Waals surface area contributed by atoms with Crippen molar-refractivity contribution >= 4 is 17.7 Å². The summed E-state index contributed by atoms with van der Waals surface area (Å²) >= 11 is 0. The zero-order valence-electron chi connectivity index (χ0n) is 17.4. The van der Waals surface area contributed by atoms with Crippen LogP contribution in [0.1, 0.15) is 65.2 Å². The third-order valence-electron chi connectivity index (χ3n) is 5.81. The Balaban J connectivity index is 1.50. The number of rotatable bonds is 4. The van der Waals surface area contributed by atoms with E-state index in [1.165, 1.54) is 4.68 Å². The number of fused-ring (bicyclic) bond motifs is 1. The molecule has 3 amide bonds. The van der Waals surface area contributed by atoms with E-state index in [0.717, 1.165) is 17.7 Å². The highest BCUT2D eigenvalue weighted by Gasteiger charge is 2.38. The number of imide groups is 1. The molecule has 1 fully saturated rings. The van der Waals surface area contributed by atoms with E-state index in [4.69, 9.17) is 0 Å². The molecule has 9 nitrogen and oxygen atoms in total. The Hall–Kier alpha value is -3.23. The van der Waals surface area contributed by atoms with Crippen LogP contribution in [0.25, 0.3) is 0 Å². The Morgan fingerprint density at radius 1 is 1.13 bits per heavy atom. The van der Waals surface area contributed by atoms with Crippen molar-refractivity contribution in [1.82, 2.24) is 24.1 Å². The minimum Gasteiger partial charge on any atom is -0.340 e. The average molecular weight is 411 g/mol. The van der Waals surface area contributed by atoms with Gasteiger partial charge in [0, 0.05) is 32.1 Å². The van der Waals surface area contributed by atoms with Crippen LogP contribution in [0, 0.1) is 0 Å². The fourth-order valence-electron chi connectivity index (χ4n) is 4.29. The Morgan fingerprint density at radius 3 is 2.37 bits per heavy atom. The summed E-state index contributed by atoms with van der Waals surface area (Å²) in [4.78, 5) is 53.1. The lowest BCUT2D eigenvalue weighted by molar-refractivity contribution is -0.132. The summed E-state index contributed by atoms with van der Waals surface area (Å²) in [6.45, 7) is 4.54. The number of aryl methyl sites for hydroxylation is 1. The van der Waals surface area contributed by atoms with E-state index >= 15 is 0 Å². The van der Waals surface area contributed by atoms with Crippen LogP contribution < -0.4 is 5.69 Å². The van der Waals surface area contributed by atoms with Gasteiger partial charge in [-0.25, -0.2) is 9.48 Å². The minimum atomic E-state index is -0.434. The van der Waals surface area contributed by atoms with Crippen molar-refractivity contribution in [3.63, 3.8) is 0 Å². The van der Waals surface area contributed by atoms with Gasteiger partial charge in [-0.05, 0) is 38.8 Å². The van der Waals surface area contributed by atoms with Crippen LogP contribution in [0.2, 0.25) is 0 Å². The van der Waals surface area contributed by atoms with Crippen LogP contribution >= 0.6 is 0 Å². The summed E-state index contributed by atoms with van der Waals surface area (Å²) in [6.07, 6.45) is 1.58. The Morgan fingerprint density at radius 2 is 1.77 bits per heavy atom. The van der Waals surface area contributed by atoms with Crippen LogP contribution in [-0.2, 0) is 11.8 Å². The van der Waals surface area contributed by atoms with Gasteiger partial charge < -0.3 is 4.90 Å². The maximum absolute atomic E-state index is 12.9. The zero-order chi connectivity index (χ0) is 21.6. The van der Waals surface area contributed by atoms with Gasteiger partial charge in [-0.2, -0.15) is 5.10 Å². The van der Waals surface area contributed by atoms with Crippen LogP contribution in [-0.4, -0.2) is 61.5 Å². The second-order valence-electron chi connectivity index (χ2n) is 8.15. The minimum absolute atomic E-state index is 0.0365. The number of benzene rings is 1. The summed E-state index contributed by atoms with van der Waals surface area (Å²) < 4.78 is 3.00. The molecule has 9 heteroatoms. The third-order valence-corrected chi connectivity index (χ3v) is 5.81. The molecule has 1 saturated heterocycles. The molecule has 0 radical (unpaired) electrons. The lowest BCUT2D eigenvalue weighted by Crippen LogP contribution is -2.46. The second-order valence-corrected chi connectivity index (χ2v) is 8.15. The number of nitrogens with zero attached hydrogens (tertiary/aromatic N) is 5. The highest BCUT2D eigenvalue weighted by atomic mass is 16.2. The molecule has 0 saturated carbocycles. The highest BCUT2D eigenvalue weighted by Crippen LogP contribution is 2.27. The predicted octanol–water partition coefficient (Wildman–Crippen LogP) is 1.16. The molecule has 1 atom stereocenters. The summed E-state index contributed by atoms with van der Waals surface area (Å²) in [5, 5.41) is 4.41. The molecular formula is C21H25N5O4. The monoisotopic (exact) mass is 411 g/mol. The average Bonchev–Trinajstić information content (AvgIpc) is 3.17. The lowest BCUT2D eigenvalue weighted by Gasteiger charge is -2.33. The highest BCUT2D eigenvalue weighted by molar-refractivity contribution is 6.22. The molecule has 1 unspecified atom stereocenters. The quantitative estimate of drug-likeness (QED) is 0.704. The van der Waals surface area contributed by atoms with Gasteiger partial charge in [0.1, 0.15) is 12.4 Å². The standard InChI is InChI=1S/C21H25N5O4/c1-13(2)26-18(22-23(3)21(26)30)14-7-6-10-24(11-14)17(27)12-25-19(28)15-8-4-5-9-16(15)20(25)29/h4-5,8-9,13-14H,6-7,10-12H2,1-3H3. The van der Waals surface area contributed by atoms with Crippen molar-refractivity contribution in [2.45, 2.75) is 38.6 Å². The molecule has 2 aliphatic rings. The van der Waals surface area contributed by atoms with E-state index in [1.807, 2.05) is 13.8 Å². The van der Waals surface area contributed by atoms with E-state index in [0.29, 0.717) is 30.0 Å². The van der Waals surface area contributed by atoms with Crippen molar-refractivity contribution < 1.29 is 14.4 Å². The molecule has 2 aliphatic heterocycles. The van der Waals surface area contributed by atoms with Crippen molar-refractivity contribution in [2.24, 2.45) is 7.05 Å². The molecule has 30 heavy (non-hydrogen) atoms. The number of aromatic nitrogens is 3. The summed E-state index contributed by atoms with van der Waals surface area (Å²) in [5.41, 5.74) is 0.497. The number of likely N-dealkylation sites (tertiary alicyclic amines) is 1.